The van der Waals surface area contributed by atoms with Crippen LogP contribution in [0.1, 0.15) is 6.92 Å². The Morgan fingerprint density at radius 2 is 2.33 bits per heavy atom. The summed E-state index contributed by atoms with van der Waals surface area (Å²) < 4.78 is 0. The molecule has 1 unspecified atom stereocenters. The Morgan fingerprint density at radius 1 is 1.58 bits per heavy atom. The summed E-state index contributed by atoms with van der Waals surface area (Å²) in [6.07, 6.45) is -0.269. The molecular weight excluding hydrogens is 192 g/mol. The molecule has 0 fully saturated rings. The molecule has 1 aromatic rings. The maximum Gasteiger partial charge on any atom is 0.0606 e. The first-order valence-electron chi connectivity index (χ1n) is 3.75. The van der Waals surface area contributed by atoms with Gasteiger partial charge in [-0.05, 0) is 25.1 Å². The van der Waals surface area contributed by atoms with Gasteiger partial charge in [0, 0.05) is 15.7 Å². The number of aliphatic hydroxyl groups excluding tert-OH is 1. The van der Waals surface area contributed by atoms with E-state index in [2.05, 4.69) is 0 Å². The molecule has 0 saturated carbocycles. The molecule has 1 atom stereocenters. The van der Waals surface area contributed by atoms with Crippen LogP contribution in [0, 0.1) is 0 Å². The van der Waals surface area contributed by atoms with E-state index in [1.165, 1.54) is 0 Å². The quantitative estimate of drug-likeness (QED) is 0.761. The van der Waals surface area contributed by atoms with Gasteiger partial charge in [-0.15, -0.1) is 11.8 Å². The molecular formula is C9H11ClOS. The van der Waals surface area contributed by atoms with Crippen LogP contribution in [0.5, 0.6) is 0 Å². The van der Waals surface area contributed by atoms with Gasteiger partial charge in [0.1, 0.15) is 0 Å². The zero-order valence-corrected chi connectivity index (χ0v) is 8.40. The first-order chi connectivity index (χ1) is 5.68. The number of thioether (sulfide) groups is 1. The van der Waals surface area contributed by atoms with Crippen LogP contribution in [0.15, 0.2) is 29.2 Å². The second-order valence-electron chi connectivity index (χ2n) is 2.62. The molecule has 0 heterocycles. The summed E-state index contributed by atoms with van der Waals surface area (Å²) >= 11 is 7.39. The van der Waals surface area contributed by atoms with Gasteiger partial charge in [-0.3, -0.25) is 0 Å². The summed E-state index contributed by atoms with van der Waals surface area (Å²) in [4.78, 5) is 1.10. The molecule has 0 aromatic heterocycles. The Labute approximate surface area is 81.7 Å². The van der Waals surface area contributed by atoms with Gasteiger partial charge in [0.15, 0.2) is 0 Å². The number of rotatable bonds is 3. The van der Waals surface area contributed by atoms with Crippen molar-refractivity contribution >= 4 is 23.4 Å². The average Bonchev–Trinajstić information content (AvgIpc) is 2.01. The molecule has 0 spiro atoms. The first kappa shape index (κ1) is 9.90. The van der Waals surface area contributed by atoms with E-state index < -0.39 is 0 Å². The third-order valence-electron chi connectivity index (χ3n) is 1.29. The molecule has 1 N–H and O–H groups in total. The molecule has 1 rings (SSSR count). The minimum absolute atomic E-state index is 0.269. The molecule has 1 aromatic carbocycles. The van der Waals surface area contributed by atoms with Crippen molar-refractivity contribution in [3.8, 4) is 0 Å². The van der Waals surface area contributed by atoms with E-state index in [0.29, 0.717) is 5.75 Å². The highest BCUT2D eigenvalue weighted by Crippen LogP contribution is 2.21. The van der Waals surface area contributed by atoms with E-state index in [1.54, 1.807) is 18.7 Å². The average molecular weight is 203 g/mol. The third kappa shape index (κ3) is 3.48. The fourth-order valence-corrected chi connectivity index (χ4v) is 1.85. The molecule has 1 nitrogen and oxygen atoms in total. The summed E-state index contributed by atoms with van der Waals surface area (Å²) in [5, 5.41) is 9.77. The molecule has 0 aliphatic heterocycles. The minimum Gasteiger partial charge on any atom is -0.393 e. The van der Waals surface area contributed by atoms with Crippen LogP contribution >= 0.6 is 23.4 Å². The summed E-state index contributed by atoms with van der Waals surface area (Å²) in [6, 6.07) is 7.63. The normalized spacial score (nSPS) is 12.9. The van der Waals surface area contributed by atoms with Crippen molar-refractivity contribution in [2.75, 3.05) is 5.75 Å². The lowest BCUT2D eigenvalue weighted by Gasteiger charge is -2.03. The molecule has 0 saturated heterocycles. The molecule has 0 amide bonds. The summed E-state index contributed by atoms with van der Waals surface area (Å²) in [7, 11) is 0. The molecule has 0 aliphatic carbocycles. The number of halogens is 1. The van der Waals surface area contributed by atoms with Crippen LogP contribution in [0.2, 0.25) is 5.02 Å². The predicted octanol–water partition coefficient (Wildman–Crippen LogP) is 2.81. The Kier molecular flexibility index (Phi) is 3.92. The highest BCUT2D eigenvalue weighted by molar-refractivity contribution is 7.99. The van der Waals surface area contributed by atoms with Crippen LogP contribution < -0.4 is 0 Å². The lowest BCUT2D eigenvalue weighted by molar-refractivity contribution is 0.220. The predicted molar refractivity (Wildman–Crippen MR) is 53.9 cm³/mol. The monoisotopic (exact) mass is 202 g/mol. The molecule has 66 valence electrons. The molecule has 0 bridgehead atoms. The number of benzene rings is 1. The lowest BCUT2D eigenvalue weighted by Crippen LogP contribution is -2.01. The van der Waals surface area contributed by atoms with Gasteiger partial charge in [-0.25, -0.2) is 0 Å². The Hall–Kier alpha value is -0.180. The van der Waals surface area contributed by atoms with Crippen LogP contribution in [-0.2, 0) is 0 Å². The summed E-state index contributed by atoms with van der Waals surface area (Å²) in [5.74, 6) is 0.709. The van der Waals surface area contributed by atoms with Crippen molar-refractivity contribution in [2.24, 2.45) is 0 Å². The van der Waals surface area contributed by atoms with Crippen LogP contribution in [0.25, 0.3) is 0 Å². The van der Waals surface area contributed by atoms with Crippen molar-refractivity contribution in [2.45, 2.75) is 17.9 Å². The minimum atomic E-state index is -0.269. The molecule has 0 aliphatic rings. The van der Waals surface area contributed by atoms with E-state index >= 15 is 0 Å². The number of aliphatic hydroxyl groups is 1. The lowest BCUT2D eigenvalue weighted by atomic mass is 10.4. The Bertz CT molecular complexity index is 250. The van der Waals surface area contributed by atoms with Crippen LogP contribution in [0.4, 0.5) is 0 Å². The first-order valence-corrected chi connectivity index (χ1v) is 5.11. The summed E-state index contributed by atoms with van der Waals surface area (Å²) in [5.41, 5.74) is 0. The second-order valence-corrected chi connectivity index (χ2v) is 4.15. The Morgan fingerprint density at radius 3 is 2.92 bits per heavy atom. The number of hydrogen-bond donors (Lipinski definition) is 1. The maximum absolute atomic E-state index is 9.03. The van der Waals surface area contributed by atoms with Gasteiger partial charge in [0.25, 0.3) is 0 Å². The van der Waals surface area contributed by atoms with Gasteiger partial charge >= 0.3 is 0 Å². The maximum atomic E-state index is 9.03. The van der Waals surface area contributed by atoms with E-state index in [1.807, 2.05) is 24.3 Å². The van der Waals surface area contributed by atoms with Crippen molar-refractivity contribution in [3.05, 3.63) is 29.3 Å². The standard InChI is InChI=1S/C9H11ClOS/c1-7(11)6-12-9-4-2-3-8(10)5-9/h2-5,7,11H,6H2,1H3. The Balaban J connectivity index is 2.52. The van der Waals surface area contributed by atoms with E-state index in [-0.39, 0.29) is 6.10 Å². The van der Waals surface area contributed by atoms with E-state index in [0.717, 1.165) is 9.92 Å². The van der Waals surface area contributed by atoms with Crippen molar-refractivity contribution in [3.63, 3.8) is 0 Å². The second kappa shape index (κ2) is 4.75. The van der Waals surface area contributed by atoms with Gasteiger partial charge in [0.2, 0.25) is 0 Å². The fraction of sp³-hybridized carbons (Fsp3) is 0.333. The van der Waals surface area contributed by atoms with Crippen molar-refractivity contribution < 1.29 is 5.11 Å². The highest BCUT2D eigenvalue weighted by atomic mass is 35.5. The van der Waals surface area contributed by atoms with Gasteiger partial charge in [-0.2, -0.15) is 0 Å². The zero-order chi connectivity index (χ0) is 8.97. The highest BCUT2D eigenvalue weighted by Gasteiger charge is 1.98. The molecule has 3 heteroatoms. The molecule has 0 radical (unpaired) electrons. The third-order valence-corrected chi connectivity index (χ3v) is 2.76. The van der Waals surface area contributed by atoms with Gasteiger partial charge in [-0.1, -0.05) is 17.7 Å². The van der Waals surface area contributed by atoms with Crippen LogP contribution in [-0.4, -0.2) is 17.0 Å². The zero-order valence-electron chi connectivity index (χ0n) is 6.83. The van der Waals surface area contributed by atoms with Gasteiger partial charge in [0.05, 0.1) is 6.10 Å². The van der Waals surface area contributed by atoms with E-state index in [9.17, 15) is 0 Å². The molecule has 12 heavy (non-hydrogen) atoms. The topological polar surface area (TPSA) is 20.2 Å². The number of hydrogen-bond acceptors (Lipinski definition) is 2. The SMILES string of the molecule is CC(O)CSc1cccc(Cl)c1. The summed E-state index contributed by atoms with van der Waals surface area (Å²) in [6.45, 7) is 1.78. The largest absolute Gasteiger partial charge is 0.393 e. The van der Waals surface area contributed by atoms with Crippen LogP contribution in [0.3, 0.4) is 0 Å². The van der Waals surface area contributed by atoms with E-state index in [4.69, 9.17) is 16.7 Å². The fourth-order valence-electron chi connectivity index (χ4n) is 0.774. The van der Waals surface area contributed by atoms with Crippen molar-refractivity contribution in [1.82, 2.24) is 0 Å². The smallest absolute Gasteiger partial charge is 0.0606 e. The van der Waals surface area contributed by atoms with Crippen molar-refractivity contribution in [1.29, 1.82) is 0 Å². The van der Waals surface area contributed by atoms with Gasteiger partial charge < -0.3 is 5.11 Å².